The van der Waals surface area contributed by atoms with E-state index in [1.165, 1.54) is 10.4 Å². The normalized spacial score (nSPS) is 17.1. The fraction of sp³-hybridized carbons (Fsp3) is 0.528. The van der Waals surface area contributed by atoms with Crippen LogP contribution >= 0.6 is 0 Å². The van der Waals surface area contributed by atoms with Gasteiger partial charge in [0.2, 0.25) is 10.0 Å². The molecule has 0 radical (unpaired) electrons. The number of alkyl halides is 3. The minimum atomic E-state index is -4.73. The number of hydroxylamine groups is 2. The molecule has 10 nitrogen and oxygen atoms in total. The van der Waals surface area contributed by atoms with Gasteiger partial charge in [0.25, 0.3) is 5.91 Å². The van der Waals surface area contributed by atoms with Crippen LogP contribution in [-0.2, 0) is 37.0 Å². The largest absolute Gasteiger partial charge is 0.493 e. The Morgan fingerprint density at radius 2 is 1.68 bits per heavy atom. The molecule has 0 N–H and O–H groups in total. The summed E-state index contributed by atoms with van der Waals surface area (Å²) in [6, 6.07) is 8.06. The molecule has 1 saturated heterocycles. The Morgan fingerprint density at radius 3 is 2.24 bits per heavy atom. The molecule has 2 heterocycles. The Hall–Kier alpha value is -3.93. The molecular weight excluding hydrogens is 675 g/mol. The molecule has 0 aromatic heterocycles. The number of amidine groups is 1. The minimum absolute atomic E-state index is 0.00727. The maximum atomic E-state index is 14.0. The molecule has 2 aliphatic heterocycles. The highest BCUT2D eigenvalue weighted by Gasteiger charge is 2.53. The van der Waals surface area contributed by atoms with Crippen molar-refractivity contribution in [3.8, 4) is 18.1 Å². The lowest BCUT2D eigenvalue weighted by molar-refractivity contribution is -0.197. The summed E-state index contributed by atoms with van der Waals surface area (Å²) in [6.45, 7) is 12.1. The quantitative estimate of drug-likeness (QED) is 0.166. The first-order valence-electron chi connectivity index (χ1n) is 16.3. The first-order chi connectivity index (χ1) is 23.0. The molecule has 0 unspecified atom stereocenters. The van der Waals surface area contributed by atoms with Gasteiger partial charge < -0.3 is 9.47 Å². The van der Waals surface area contributed by atoms with Crippen LogP contribution in [0.15, 0.2) is 41.4 Å². The number of rotatable bonds is 10. The molecular formula is C36H44F3N3O7S. The van der Waals surface area contributed by atoms with E-state index in [-0.39, 0.29) is 68.3 Å². The van der Waals surface area contributed by atoms with Gasteiger partial charge in [-0.05, 0) is 109 Å². The van der Waals surface area contributed by atoms with Crippen molar-refractivity contribution < 1.29 is 45.5 Å². The molecule has 14 heteroatoms. The van der Waals surface area contributed by atoms with Crippen LogP contribution in [0, 0.1) is 19.3 Å². The first kappa shape index (κ1) is 38.9. The molecule has 0 atom stereocenters. The Balaban J connectivity index is 1.55. The number of aryl methyl sites for hydroxylation is 2. The summed E-state index contributed by atoms with van der Waals surface area (Å²) < 4.78 is 81.0. The zero-order valence-corrected chi connectivity index (χ0v) is 30.3. The Morgan fingerprint density at radius 1 is 1.02 bits per heavy atom. The number of aliphatic imine (C=N–C) groups is 1. The van der Waals surface area contributed by atoms with E-state index in [9.17, 15) is 31.2 Å². The molecule has 2 aliphatic rings. The number of benzene rings is 2. The lowest BCUT2D eigenvalue weighted by Gasteiger charge is -2.36. The van der Waals surface area contributed by atoms with Crippen molar-refractivity contribution in [1.82, 2.24) is 9.37 Å². The van der Waals surface area contributed by atoms with Gasteiger partial charge in [0.1, 0.15) is 16.9 Å². The van der Waals surface area contributed by atoms with Crippen molar-refractivity contribution in [1.29, 1.82) is 0 Å². The van der Waals surface area contributed by atoms with Crippen LogP contribution in [0.1, 0.15) is 93.4 Å². The molecule has 2 aromatic carbocycles. The van der Waals surface area contributed by atoms with E-state index in [1.807, 2.05) is 0 Å². The lowest BCUT2D eigenvalue weighted by atomic mass is 9.89. The molecule has 50 heavy (non-hydrogen) atoms. The van der Waals surface area contributed by atoms with E-state index < -0.39 is 50.4 Å². The molecule has 0 aliphatic carbocycles. The fourth-order valence-electron chi connectivity index (χ4n) is 5.59. The van der Waals surface area contributed by atoms with Crippen LogP contribution in [-0.4, -0.2) is 77.7 Å². The van der Waals surface area contributed by atoms with Gasteiger partial charge >= 0.3 is 12.1 Å². The van der Waals surface area contributed by atoms with Crippen LogP contribution < -0.4 is 4.74 Å². The number of carbonyl (C=O) groups excluding carboxylic acids is 2. The summed E-state index contributed by atoms with van der Waals surface area (Å²) >= 11 is 0. The van der Waals surface area contributed by atoms with Crippen LogP contribution in [0.25, 0.3) is 0 Å². The van der Waals surface area contributed by atoms with Crippen molar-refractivity contribution in [2.24, 2.45) is 4.99 Å². The predicted octanol–water partition coefficient (Wildman–Crippen LogP) is 6.10. The number of carbonyl (C=O) groups is 2. The van der Waals surface area contributed by atoms with Gasteiger partial charge in [-0.2, -0.15) is 18.2 Å². The number of hydrogen-bond donors (Lipinski definition) is 0. The van der Waals surface area contributed by atoms with E-state index in [4.69, 9.17) is 20.7 Å². The van der Waals surface area contributed by atoms with Gasteiger partial charge in [-0.1, -0.05) is 6.07 Å². The summed E-state index contributed by atoms with van der Waals surface area (Å²) in [7, 11) is -3.78. The van der Waals surface area contributed by atoms with Crippen molar-refractivity contribution in [3.05, 3.63) is 64.2 Å². The number of esters is 1. The third kappa shape index (κ3) is 9.44. The number of ether oxygens (including phenoxy) is 2. The summed E-state index contributed by atoms with van der Waals surface area (Å²) in [4.78, 5) is 37.1. The van der Waals surface area contributed by atoms with Gasteiger partial charge in [-0.15, -0.1) is 12.3 Å². The second-order valence-electron chi connectivity index (χ2n) is 14.4. The van der Waals surface area contributed by atoms with Crippen LogP contribution in [0.3, 0.4) is 0 Å². The first-order valence-corrected chi connectivity index (χ1v) is 17.9. The molecule has 4 rings (SSSR count). The maximum absolute atomic E-state index is 14.0. The second-order valence-corrected chi connectivity index (χ2v) is 16.5. The van der Waals surface area contributed by atoms with Crippen LogP contribution in [0.5, 0.6) is 5.75 Å². The van der Waals surface area contributed by atoms with Gasteiger partial charge in [-0.25, -0.2) is 22.5 Å². The molecule has 0 saturated carbocycles. The number of halogens is 3. The zero-order chi connectivity index (χ0) is 37.3. The van der Waals surface area contributed by atoms with E-state index in [1.54, 1.807) is 66.7 Å². The Bertz CT molecular complexity index is 1790. The molecule has 272 valence electrons. The molecule has 0 bridgehead atoms. The molecule has 2 aromatic rings. The summed E-state index contributed by atoms with van der Waals surface area (Å²) in [5, 5.41) is 0.925. The van der Waals surface area contributed by atoms with Crippen LogP contribution in [0.2, 0.25) is 0 Å². The molecule has 1 fully saturated rings. The van der Waals surface area contributed by atoms with E-state index in [0.717, 1.165) is 28.3 Å². The molecule has 1 amide bonds. The van der Waals surface area contributed by atoms with Crippen molar-refractivity contribution in [3.63, 3.8) is 0 Å². The van der Waals surface area contributed by atoms with E-state index >= 15 is 0 Å². The zero-order valence-electron chi connectivity index (χ0n) is 29.4. The van der Waals surface area contributed by atoms with Gasteiger partial charge in [-0.3, -0.25) is 9.63 Å². The maximum Gasteiger partial charge on any atom is 0.416 e. The standard InChI is InChI=1S/C36H44F3N3O7S/c1-9-10-18-47-29-22-27(21-28(23-29)36(37,38)39)30-40-35(32(44)42(30)49-34(6,7)8)14-16-41(17-15-35)50(45,46)19-13-25-11-12-26(20-24(25)2)31(43)48-33(3,4)5/h1,11-12,20-23H,10,13-19H2,2-8H3. The van der Waals surface area contributed by atoms with Gasteiger partial charge in [0, 0.05) is 25.1 Å². The van der Waals surface area contributed by atoms with Crippen molar-refractivity contribution >= 4 is 27.7 Å². The third-order valence-corrected chi connectivity index (χ3v) is 9.89. The number of nitrogens with zero attached hydrogens (tertiary/aromatic N) is 3. The highest BCUT2D eigenvalue weighted by Crippen LogP contribution is 2.39. The number of terminal acetylenes is 1. The topological polar surface area (TPSA) is 115 Å². The highest BCUT2D eigenvalue weighted by molar-refractivity contribution is 7.89. The van der Waals surface area contributed by atoms with E-state index in [2.05, 4.69) is 10.9 Å². The predicted molar refractivity (Wildman–Crippen MR) is 182 cm³/mol. The average molecular weight is 720 g/mol. The van der Waals surface area contributed by atoms with Crippen LogP contribution in [0.4, 0.5) is 13.2 Å². The third-order valence-electron chi connectivity index (χ3n) is 8.02. The summed E-state index contributed by atoms with van der Waals surface area (Å²) in [5.41, 5.74) is -2.21. The monoisotopic (exact) mass is 719 g/mol. The minimum Gasteiger partial charge on any atom is -0.493 e. The fourth-order valence-corrected chi connectivity index (χ4v) is 7.07. The Kier molecular flexibility index (Phi) is 11.2. The summed E-state index contributed by atoms with van der Waals surface area (Å²) in [6.07, 6.45) is 0.889. The van der Waals surface area contributed by atoms with Gasteiger partial charge in [0.15, 0.2) is 5.84 Å². The number of hydrogen-bond acceptors (Lipinski definition) is 8. The number of sulfonamides is 1. The summed E-state index contributed by atoms with van der Waals surface area (Å²) in [5.74, 6) is 0.871. The number of amides is 1. The lowest BCUT2D eigenvalue weighted by Crippen LogP contribution is -2.52. The second kappa shape index (κ2) is 14.4. The van der Waals surface area contributed by atoms with Crippen molar-refractivity contribution in [2.45, 2.75) is 97.1 Å². The van der Waals surface area contributed by atoms with Gasteiger partial charge in [0.05, 0.1) is 29.1 Å². The highest BCUT2D eigenvalue weighted by atomic mass is 32.2. The van der Waals surface area contributed by atoms with Crippen molar-refractivity contribution in [2.75, 3.05) is 25.4 Å². The SMILES string of the molecule is C#CCCOc1cc(C2=NC3(CCN(S(=O)(=O)CCc4ccc(C(=O)OC(C)(C)C)cc4C)CC3)C(=O)N2OC(C)(C)C)cc(C(F)(F)F)c1. The van der Waals surface area contributed by atoms with E-state index in [0.29, 0.717) is 5.56 Å². The number of piperidine rings is 1. The molecule has 1 spiro atoms. The Labute approximate surface area is 292 Å². The average Bonchev–Trinajstić information content (AvgIpc) is 3.24. The smallest absolute Gasteiger partial charge is 0.416 e.